The number of nitrogens with one attached hydrogen (secondary N) is 1. The van der Waals surface area contributed by atoms with Crippen molar-refractivity contribution in [2.75, 3.05) is 20.1 Å². The molecule has 1 saturated heterocycles. The van der Waals surface area contributed by atoms with Crippen LogP contribution in [0.1, 0.15) is 19.8 Å². The van der Waals surface area contributed by atoms with Gasteiger partial charge in [0.15, 0.2) is 0 Å². The standard InChI is InChI=1S/C11H19N5O/c1-11(12-2)3-6-15(7-4-11)10(17)9-16-8-5-13-14-16/h5,8,12H,3-4,6-7,9H2,1-2H3. The third kappa shape index (κ3) is 2.82. The van der Waals surface area contributed by atoms with Crippen molar-refractivity contribution in [2.24, 2.45) is 0 Å². The molecule has 6 heteroatoms. The minimum atomic E-state index is 0.119. The average Bonchev–Trinajstić information content (AvgIpc) is 2.83. The molecule has 0 unspecified atom stereocenters. The Morgan fingerprint density at radius 1 is 1.47 bits per heavy atom. The maximum atomic E-state index is 12.0. The number of rotatable bonds is 3. The molecule has 0 saturated carbocycles. The summed E-state index contributed by atoms with van der Waals surface area (Å²) >= 11 is 0. The number of carbonyl (C=O) groups is 1. The highest BCUT2D eigenvalue weighted by Crippen LogP contribution is 2.21. The van der Waals surface area contributed by atoms with Gasteiger partial charge in [-0.2, -0.15) is 0 Å². The van der Waals surface area contributed by atoms with Crippen LogP contribution < -0.4 is 5.32 Å². The largest absolute Gasteiger partial charge is 0.341 e. The van der Waals surface area contributed by atoms with Gasteiger partial charge < -0.3 is 10.2 Å². The molecule has 2 heterocycles. The van der Waals surface area contributed by atoms with Crippen LogP contribution in [0.25, 0.3) is 0 Å². The number of likely N-dealkylation sites (tertiary alicyclic amines) is 1. The first-order valence-electron chi connectivity index (χ1n) is 5.94. The maximum absolute atomic E-state index is 12.0. The third-order valence-electron chi connectivity index (χ3n) is 3.59. The highest BCUT2D eigenvalue weighted by Gasteiger charge is 2.30. The Hall–Kier alpha value is -1.43. The van der Waals surface area contributed by atoms with Crippen molar-refractivity contribution in [3.8, 4) is 0 Å². The second kappa shape index (κ2) is 4.83. The number of piperidine rings is 1. The molecule has 17 heavy (non-hydrogen) atoms. The Morgan fingerprint density at radius 3 is 2.71 bits per heavy atom. The van der Waals surface area contributed by atoms with Crippen LogP contribution in [0.5, 0.6) is 0 Å². The summed E-state index contributed by atoms with van der Waals surface area (Å²) in [7, 11) is 1.98. The average molecular weight is 237 g/mol. The summed E-state index contributed by atoms with van der Waals surface area (Å²) in [5, 5.41) is 10.8. The molecule has 1 aromatic rings. The second-order valence-electron chi connectivity index (χ2n) is 4.79. The Bertz CT molecular complexity index is 367. The summed E-state index contributed by atoms with van der Waals surface area (Å²) in [5.41, 5.74) is 0.171. The first-order valence-corrected chi connectivity index (χ1v) is 5.94. The van der Waals surface area contributed by atoms with E-state index in [1.807, 2.05) is 11.9 Å². The summed E-state index contributed by atoms with van der Waals surface area (Å²) in [6.45, 7) is 4.11. The molecule has 1 fully saturated rings. The highest BCUT2D eigenvalue weighted by molar-refractivity contribution is 5.76. The van der Waals surface area contributed by atoms with Crippen molar-refractivity contribution in [1.82, 2.24) is 25.2 Å². The van der Waals surface area contributed by atoms with Gasteiger partial charge in [-0.25, -0.2) is 4.68 Å². The van der Waals surface area contributed by atoms with Crippen molar-refractivity contribution in [1.29, 1.82) is 0 Å². The van der Waals surface area contributed by atoms with E-state index in [-0.39, 0.29) is 18.0 Å². The minimum absolute atomic E-state index is 0.119. The maximum Gasteiger partial charge on any atom is 0.244 e. The lowest BCUT2D eigenvalue weighted by molar-refractivity contribution is -0.133. The molecular formula is C11H19N5O. The van der Waals surface area contributed by atoms with Crippen molar-refractivity contribution < 1.29 is 4.79 Å². The molecule has 1 N–H and O–H groups in total. The molecule has 1 aliphatic rings. The van der Waals surface area contributed by atoms with E-state index in [9.17, 15) is 4.79 Å². The highest BCUT2D eigenvalue weighted by atomic mass is 16.2. The van der Waals surface area contributed by atoms with Crippen molar-refractivity contribution >= 4 is 5.91 Å². The van der Waals surface area contributed by atoms with Gasteiger partial charge in [0.2, 0.25) is 5.91 Å². The quantitative estimate of drug-likeness (QED) is 0.796. The van der Waals surface area contributed by atoms with Crippen molar-refractivity contribution in [3.05, 3.63) is 12.4 Å². The lowest BCUT2D eigenvalue weighted by Gasteiger charge is -2.39. The van der Waals surface area contributed by atoms with E-state index >= 15 is 0 Å². The molecule has 0 aromatic carbocycles. The fraction of sp³-hybridized carbons (Fsp3) is 0.727. The first kappa shape index (κ1) is 12.0. The fourth-order valence-corrected chi connectivity index (χ4v) is 2.06. The monoisotopic (exact) mass is 237 g/mol. The van der Waals surface area contributed by atoms with Gasteiger partial charge in [0, 0.05) is 24.8 Å². The predicted octanol–water partition coefficient (Wildman–Crippen LogP) is -0.121. The fourth-order valence-electron chi connectivity index (χ4n) is 2.06. The van der Waals surface area contributed by atoms with E-state index in [4.69, 9.17) is 0 Å². The summed E-state index contributed by atoms with van der Waals surface area (Å²) in [4.78, 5) is 13.9. The number of carbonyl (C=O) groups excluding carboxylic acids is 1. The Kier molecular flexibility index (Phi) is 3.42. The van der Waals surface area contributed by atoms with Crippen LogP contribution in [-0.2, 0) is 11.3 Å². The van der Waals surface area contributed by atoms with Crippen LogP contribution in [0.4, 0.5) is 0 Å². The smallest absolute Gasteiger partial charge is 0.244 e. The summed E-state index contributed by atoms with van der Waals surface area (Å²) in [6, 6.07) is 0. The Labute approximate surface area is 101 Å². The number of nitrogens with zero attached hydrogens (tertiary/aromatic N) is 4. The van der Waals surface area contributed by atoms with Crippen LogP contribution in [0.2, 0.25) is 0 Å². The number of aromatic nitrogens is 3. The van der Waals surface area contributed by atoms with E-state index < -0.39 is 0 Å². The number of amides is 1. The minimum Gasteiger partial charge on any atom is -0.341 e. The van der Waals surface area contributed by atoms with Crippen LogP contribution in [0, 0.1) is 0 Å². The molecular weight excluding hydrogens is 218 g/mol. The summed E-state index contributed by atoms with van der Waals surface area (Å²) in [5.74, 6) is 0.119. The molecule has 1 aliphatic heterocycles. The van der Waals surface area contributed by atoms with E-state index in [2.05, 4.69) is 22.6 Å². The van der Waals surface area contributed by atoms with Crippen LogP contribution in [0.15, 0.2) is 12.4 Å². The van der Waals surface area contributed by atoms with Gasteiger partial charge >= 0.3 is 0 Å². The van der Waals surface area contributed by atoms with Gasteiger partial charge in [0.1, 0.15) is 6.54 Å². The van der Waals surface area contributed by atoms with Crippen LogP contribution in [-0.4, -0.2) is 51.5 Å². The first-order chi connectivity index (χ1) is 8.13. The van der Waals surface area contributed by atoms with Gasteiger partial charge in [-0.1, -0.05) is 5.21 Å². The molecule has 0 spiro atoms. The van der Waals surface area contributed by atoms with Gasteiger partial charge in [-0.3, -0.25) is 4.79 Å². The molecule has 1 aromatic heterocycles. The van der Waals surface area contributed by atoms with E-state index in [1.54, 1.807) is 17.1 Å². The SMILES string of the molecule is CNC1(C)CCN(C(=O)Cn2ccnn2)CC1. The van der Waals surface area contributed by atoms with Gasteiger partial charge in [-0.05, 0) is 26.8 Å². The zero-order valence-corrected chi connectivity index (χ0v) is 10.4. The van der Waals surface area contributed by atoms with Crippen molar-refractivity contribution in [3.63, 3.8) is 0 Å². The van der Waals surface area contributed by atoms with Crippen LogP contribution >= 0.6 is 0 Å². The van der Waals surface area contributed by atoms with E-state index in [0.717, 1.165) is 25.9 Å². The molecule has 0 radical (unpaired) electrons. The second-order valence-corrected chi connectivity index (χ2v) is 4.79. The predicted molar refractivity (Wildman–Crippen MR) is 63.3 cm³/mol. The molecule has 2 rings (SSSR count). The van der Waals surface area contributed by atoms with Crippen molar-refractivity contribution in [2.45, 2.75) is 31.8 Å². The molecule has 6 nitrogen and oxygen atoms in total. The zero-order valence-electron chi connectivity index (χ0n) is 10.4. The lowest BCUT2D eigenvalue weighted by atomic mass is 9.90. The molecule has 0 bridgehead atoms. The van der Waals surface area contributed by atoms with Gasteiger partial charge in [-0.15, -0.1) is 5.10 Å². The zero-order chi connectivity index (χ0) is 12.3. The third-order valence-corrected chi connectivity index (χ3v) is 3.59. The van der Waals surface area contributed by atoms with Crippen LogP contribution in [0.3, 0.4) is 0 Å². The molecule has 0 aliphatic carbocycles. The Morgan fingerprint density at radius 2 is 2.18 bits per heavy atom. The topological polar surface area (TPSA) is 63.1 Å². The van der Waals surface area contributed by atoms with Gasteiger partial charge in [0.05, 0.1) is 6.20 Å². The van der Waals surface area contributed by atoms with Gasteiger partial charge in [0.25, 0.3) is 0 Å². The molecule has 1 amide bonds. The summed E-state index contributed by atoms with van der Waals surface area (Å²) < 4.78 is 1.56. The number of hydrogen-bond donors (Lipinski definition) is 1. The lowest BCUT2D eigenvalue weighted by Crippen LogP contribution is -2.51. The number of hydrogen-bond acceptors (Lipinski definition) is 4. The summed E-state index contributed by atoms with van der Waals surface area (Å²) in [6.07, 6.45) is 5.28. The molecule has 94 valence electrons. The Balaban J connectivity index is 1.86. The van der Waals surface area contributed by atoms with E-state index in [0.29, 0.717) is 0 Å². The normalized spacial score (nSPS) is 19.3. The molecule has 0 atom stereocenters. The van der Waals surface area contributed by atoms with E-state index in [1.165, 1.54) is 0 Å².